The van der Waals surface area contributed by atoms with Crippen molar-refractivity contribution in [3.05, 3.63) is 80.5 Å². The first-order chi connectivity index (χ1) is 20.7. The van der Waals surface area contributed by atoms with Crippen molar-refractivity contribution in [2.45, 2.75) is 92.9 Å². The molecule has 0 aromatic heterocycles. The van der Waals surface area contributed by atoms with Gasteiger partial charge in [-0.3, -0.25) is 9.59 Å². The van der Waals surface area contributed by atoms with Crippen LogP contribution >= 0.6 is 0 Å². The molecule has 1 aromatic carbocycles. The Bertz CT molecular complexity index is 1470. The number of esters is 2. The molecule has 2 aliphatic carbocycles. The largest absolute Gasteiger partial charge is 0.463 e. The molecule has 0 saturated heterocycles. The Labute approximate surface area is 260 Å². The molecular weight excluding hydrogens is 556 g/mol. The summed E-state index contributed by atoms with van der Waals surface area (Å²) < 4.78 is 11.0. The van der Waals surface area contributed by atoms with Gasteiger partial charge in [0.1, 0.15) is 0 Å². The predicted octanol–water partition coefficient (Wildman–Crippen LogP) is 6.02. The maximum Gasteiger partial charge on any atom is 0.336 e. The Hall–Kier alpha value is -3.94. The molecule has 4 aliphatic rings. The average Bonchev–Trinajstić information content (AvgIpc) is 2.90. The minimum atomic E-state index is -0.652. The number of benzene rings is 1. The molecule has 44 heavy (non-hydrogen) atoms. The number of hydrogen-bond acceptors (Lipinski definition) is 8. The molecule has 0 fully saturated rings. The second-order valence-electron chi connectivity index (χ2n) is 14.0. The van der Waals surface area contributed by atoms with Crippen molar-refractivity contribution in [3.8, 4) is 0 Å². The van der Waals surface area contributed by atoms with Gasteiger partial charge < -0.3 is 20.1 Å². The lowest BCUT2D eigenvalue weighted by molar-refractivity contribution is -0.139. The molecule has 1 aromatic rings. The number of Topliss-reactive ketones (excluding diaryl/α,β-unsaturated/α-hetero) is 2. The number of carbonyl (C=O) groups is 4. The lowest BCUT2D eigenvalue weighted by atomic mass is 9.67. The van der Waals surface area contributed by atoms with E-state index in [1.807, 2.05) is 38.1 Å². The Morgan fingerprint density at radius 1 is 0.727 bits per heavy atom. The summed E-state index contributed by atoms with van der Waals surface area (Å²) in [6.07, 6.45) is 2.06. The summed E-state index contributed by atoms with van der Waals surface area (Å²) in [4.78, 5) is 54.5. The van der Waals surface area contributed by atoms with Crippen LogP contribution in [-0.2, 0) is 28.7 Å². The minimum Gasteiger partial charge on any atom is -0.463 e. The number of rotatable bonds is 6. The number of dihydropyridines is 2. The van der Waals surface area contributed by atoms with Crippen molar-refractivity contribution in [1.82, 2.24) is 10.6 Å². The topological polar surface area (TPSA) is 111 Å². The average molecular weight is 601 g/mol. The van der Waals surface area contributed by atoms with Gasteiger partial charge in [-0.25, -0.2) is 9.59 Å². The molecule has 2 N–H and O–H groups in total. The Kier molecular flexibility index (Phi) is 8.25. The van der Waals surface area contributed by atoms with Crippen molar-refractivity contribution < 1.29 is 28.7 Å². The van der Waals surface area contributed by atoms with E-state index in [9.17, 15) is 19.2 Å². The van der Waals surface area contributed by atoms with Gasteiger partial charge in [-0.05, 0) is 62.5 Å². The third kappa shape index (κ3) is 5.66. The van der Waals surface area contributed by atoms with E-state index in [1.54, 1.807) is 13.8 Å². The molecule has 2 atom stereocenters. The molecule has 0 bridgehead atoms. The number of carbonyl (C=O) groups excluding carboxylic acids is 4. The highest BCUT2D eigenvalue weighted by Gasteiger charge is 2.45. The van der Waals surface area contributed by atoms with E-state index < -0.39 is 23.8 Å². The lowest BCUT2D eigenvalue weighted by Gasteiger charge is -2.40. The van der Waals surface area contributed by atoms with Gasteiger partial charge >= 0.3 is 11.9 Å². The van der Waals surface area contributed by atoms with Crippen LogP contribution in [0, 0.1) is 10.8 Å². The third-order valence-electron chi connectivity index (χ3n) is 9.05. The lowest BCUT2D eigenvalue weighted by Crippen LogP contribution is -2.39. The fourth-order valence-corrected chi connectivity index (χ4v) is 7.42. The van der Waals surface area contributed by atoms with Crippen LogP contribution in [0.15, 0.2) is 69.3 Å². The normalized spacial score (nSPS) is 24.4. The van der Waals surface area contributed by atoms with Gasteiger partial charge in [0.15, 0.2) is 11.6 Å². The van der Waals surface area contributed by atoms with Crippen LogP contribution in [-0.4, -0.2) is 36.7 Å². The van der Waals surface area contributed by atoms with Gasteiger partial charge in [-0.15, -0.1) is 0 Å². The van der Waals surface area contributed by atoms with Crippen molar-refractivity contribution in [2.24, 2.45) is 10.8 Å². The minimum absolute atomic E-state index is 0.00652. The molecule has 0 saturated carbocycles. The molecule has 8 nitrogen and oxygen atoms in total. The number of ether oxygens (including phenoxy) is 2. The first-order valence-corrected chi connectivity index (χ1v) is 15.6. The van der Waals surface area contributed by atoms with E-state index in [-0.39, 0.29) is 35.6 Å². The fraction of sp³-hybridized carbons (Fsp3) is 0.500. The van der Waals surface area contributed by atoms with Crippen LogP contribution in [0.4, 0.5) is 0 Å². The Morgan fingerprint density at radius 3 is 1.48 bits per heavy atom. The summed E-state index contributed by atoms with van der Waals surface area (Å²) in [5, 5.41) is 6.74. The maximum atomic E-state index is 13.8. The van der Waals surface area contributed by atoms with Crippen LogP contribution in [0.1, 0.15) is 104 Å². The van der Waals surface area contributed by atoms with E-state index in [0.29, 0.717) is 59.4 Å². The molecule has 0 amide bonds. The van der Waals surface area contributed by atoms with Gasteiger partial charge in [-0.1, -0.05) is 52.0 Å². The summed E-state index contributed by atoms with van der Waals surface area (Å²) in [7, 11) is 0. The van der Waals surface area contributed by atoms with E-state index >= 15 is 0 Å². The van der Waals surface area contributed by atoms with E-state index in [0.717, 1.165) is 22.5 Å². The number of nitrogens with one attached hydrogen (secondary N) is 2. The van der Waals surface area contributed by atoms with Gasteiger partial charge in [0.25, 0.3) is 0 Å². The smallest absolute Gasteiger partial charge is 0.336 e. The SMILES string of the molecule is CCOC(=O)C1=C(C)NC2=C(C(=O)CC(C)(C)C2)C1c1cccc(C2C(C(=O)OCC)=C(C)NC3=C2C(=O)CC(C)(C)C3)c1. The molecule has 2 unspecified atom stereocenters. The first kappa shape index (κ1) is 31.5. The molecule has 5 rings (SSSR count). The Balaban J connectivity index is 1.71. The predicted molar refractivity (Wildman–Crippen MR) is 167 cm³/mol. The summed E-state index contributed by atoms with van der Waals surface area (Å²) in [6.45, 7) is 15.9. The zero-order valence-electron chi connectivity index (χ0n) is 27.2. The van der Waals surface area contributed by atoms with Crippen molar-refractivity contribution in [2.75, 3.05) is 13.2 Å². The molecule has 8 heteroatoms. The highest BCUT2D eigenvalue weighted by molar-refractivity contribution is 6.05. The molecule has 2 aliphatic heterocycles. The second kappa shape index (κ2) is 11.5. The molecule has 2 heterocycles. The van der Waals surface area contributed by atoms with E-state index in [2.05, 4.69) is 38.3 Å². The quantitative estimate of drug-likeness (QED) is 0.382. The van der Waals surface area contributed by atoms with E-state index in [1.165, 1.54) is 0 Å². The molecular formula is C36H44N2O6. The number of allylic oxidation sites excluding steroid dienone is 6. The standard InChI is InChI=1S/C36H44N2O6/c1-9-43-33(41)27-19(3)37-23-15-35(5,6)17-25(39)31(23)29(27)21-12-11-13-22(14-21)30-28(34(42)44-10-2)20(4)38-24-16-36(7,8)18-26(40)32(24)30/h11-14,29-30,37-38H,9-10,15-18H2,1-8H3. The van der Waals surface area contributed by atoms with Crippen molar-refractivity contribution in [3.63, 3.8) is 0 Å². The van der Waals surface area contributed by atoms with E-state index in [4.69, 9.17) is 9.47 Å². The highest BCUT2D eigenvalue weighted by atomic mass is 16.5. The fourth-order valence-electron chi connectivity index (χ4n) is 7.42. The van der Waals surface area contributed by atoms with Gasteiger partial charge in [0.05, 0.1) is 24.4 Å². The Morgan fingerprint density at radius 2 is 1.11 bits per heavy atom. The van der Waals surface area contributed by atoms with Crippen LogP contribution in [0.5, 0.6) is 0 Å². The summed E-state index contributed by atoms with van der Waals surface area (Å²) in [6, 6.07) is 7.64. The monoisotopic (exact) mass is 600 g/mol. The zero-order chi connectivity index (χ0) is 32.1. The van der Waals surface area contributed by atoms with Crippen LogP contribution in [0.3, 0.4) is 0 Å². The zero-order valence-corrected chi connectivity index (χ0v) is 27.2. The van der Waals surface area contributed by atoms with Crippen LogP contribution in [0.25, 0.3) is 0 Å². The van der Waals surface area contributed by atoms with Gasteiger partial charge in [-0.2, -0.15) is 0 Å². The van der Waals surface area contributed by atoms with Gasteiger partial charge in [0, 0.05) is 58.6 Å². The van der Waals surface area contributed by atoms with Crippen molar-refractivity contribution >= 4 is 23.5 Å². The summed E-state index contributed by atoms with van der Waals surface area (Å²) in [5.41, 5.74) is 5.93. The maximum absolute atomic E-state index is 13.8. The second-order valence-corrected chi connectivity index (χ2v) is 14.0. The first-order valence-electron chi connectivity index (χ1n) is 15.6. The summed E-state index contributed by atoms with van der Waals surface area (Å²) in [5.74, 6) is -2.27. The highest BCUT2D eigenvalue weighted by Crippen LogP contribution is 2.50. The molecule has 0 radical (unpaired) electrons. The van der Waals surface area contributed by atoms with Gasteiger partial charge in [0.2, 0.25) is 0 Å². The molecule has 0 spiro atoms. The molecule has 234 valence electrons. The third-order valence-corrected chi connectivity index (χ3v) is 9.05. The summed E-state index contributed by atoms with van der Waals surface area (Å²) >= 11 is 0. The van der Waals surface area contributed by atoms with Crippen LogP contribution < -0.4 is 10.6 Å². The van der Waals surface area contributed by atoms with Crippen molar-refractivity contribution in [1.29, 1.82) is 0 Å². The number of ketones is 2. The number of hydrogen-bond donors (Lipinski definition) is 2. The van der Waals surface area contributed by atoms with Crippen LogP contribution in [0.2, 0.25) is 0 Å².